The molecule has 0 saturated heterocycles. The zero-order valence-corrected chi connectivity index (χ0v) is 20.1. The highest BCUT2D eigenvalue weighted by Gasteiger charge is 2.22. The molecule has 1 heterocycles. The third kappa shape index (κ3) is 5.95. The number of benzene rings is 1. The first kappa shape index (κ1) is 24.1. The summed E-state index contributed by atoms with van der Waals surface area (Å²) in [7, 11) is 2.17. The minimum absolute atomic E-state index is 0.156. The Morgan fingerprint density at radius 3 is 2.57 bits per heavy atom. The van der Waals surface area contributed by atoms with Crippen LogP contribution in [0.15, 0.2) is 59.3 Å². The highest BCUT2D eigenvalue weighted by Crippen LogP contribution is 2.33. The van der Waals surface area contributed by atoms with E-state index in [1.165, 1.54) is 22.3 Å². The van der Waals surface area contributed by atoms with E-state index in [0.717, 1.165) is 24.9 Å². The summed E-state index contributed by atoms with van der Waals surface area (Å²) in [4.78, 5) is 0. The Hall–Kier alpha value is -2.13. The van der Waals surface area contributed by atoms with Crippen LogP contribution in [-0.4, -0.2) is 29.7 Å². The van der Waals surface area contributed by atoms with E-state index < -0.39 is 0 Å². The van der Waals surface area contributed by atoms with Crippen LogP contribution in [0.5, 0.6) is 0 Å². The van der Waals surface area contributed by atoms with E-state index in [1.54, 1.807) is 6.07 Å². The molecule has 0 aliphatic carbocycles. The van der Waals surface area contributed by atoms with E-state index in [1.807, 2.05) is 19.1 Å². The topological polar surface area (TPSA) is 6.48 Å². The fourth-order valence-electron chi connectivity index (χ4n) is 3.82. The van der Waals surface area contributed by atoms with Gasteiger partial charge in [-0.2, -0.15) is 0 Å². The van der Waals surface area contributed by atoms with Gasteiger partial charge in [-0.05, 0) is 86.4 Å². The molecule has 1 aliphatic rings. The molecule has 0 bridgehead atoms. The first-order valence-corrected chi connectivity index (χ1v) is 11.2. The minimum Gasteiger partial charge on any atom is -0.306 e. The predicted molar refractivity (Wildman–Crippen MR) is 128 cm³/mol. The molecule has 1 aliphatic heterocycles. The predicted octanol–water partition coefficient (Wildman–Crippen LogP) is 7.30. The summed E-state index contributed by atoms with van der Waals surface area (Å²) in [6, 6.07) is 5.72. The molecule has 1 aromatic rings. The number of rotatable bonds is 8. The molecule has 2 nitrogen and oxygen atoms in total. The second kappa shape index (κ2) is 10.8. The van der Waals surface area contributed by atoms with E-state index in [0.29, 0.717) is 17.5 Å². The van der Waals surface area contributed by atoms with Gasteiger partial charge in [0.05, 0.1) is 6.04 Å². The zero-order chi connectivity index (χ0) is 22.4. The van der Waals surface area contributed by atoms with Gasteiger partial charge in [-0.1, -0.05) is 45.1 Å². The maximum absolute atomic E-state index is 13.8. The lowest BCUT2D eigenvalue weighted by Gasteiger charge is -2.39. The first-order chi connectivity index (χ1) is 14.1. The molecule has 0 amide bonds. The van der Waals surface area contributed by atoms with Crippen LogP contribution in [0.1, 0.15) is 65.5 Å². The minimum atomic E-state index is -0.156. The number of hydrogen-bond donors (Lipinski definition) is 0. The van der Waals surface area contributed by atoms with Gasteiger partial charge in [0.1, 0.15) is 5.82 Å². The van der Waals surface area contributed by atoms with Gasteiger partial charge in [-0.25, -0.2) is 9.40 Å². The Labute approximate surface area is 183 Å². The molecule has 1 unspecified atom stereocenters. The molecule has 30 heavy (non-hydrogen) atoms. The Kier molecular flexibility index (Phi) is 8.66. The molecule has 0 radical (unpaired) electrons. The van der Waals surface area contributed by atoms with Gasteiger partial charge in [0, 0.05) is 25.4 Å². The summed E-state index contributed by atoms with van der Waals surface area (Å²) in [5.41, 5.74) is 6.63. The Morgan fingerprint density at radius 1 is 1.27 bits per heavy atom. The van der Waals surface area contributed by atoms with Crippen molar-refractivity contribution in [3.63, 3.8) is 0 Å². The second-order valence-corrected chi connectivity index (χ2v) is 8.89. The monoisotopic (exact) mass is 410 g/mol. The van der Waals surface area contributed by atoms with E-state index in [9.17, 15) is 4.39 Å². The molecule has 164 valence electrons. The van der Waals surface area contributed by atoms with E-state index in [-0.39, 0.29) is 5.82 Å². The second-order valence-electron chi connectivity index (χ2n) is 8.89. The lowest BCUT2D eigenvalue weighted by Crippen LogP contribution is -2.43. The summed E-state index contributed by atoms with van der Waals surface area (Å²) in [5.74, 6) is 0.525. The van der Waals surface area contributed by atoms with Crippen molar-refractivity contribution in [2.24, 2.45) is 5.92 Å². The van der Waals surface area contributed by atoms with Crippen LogP contribution < -0.4 is 0 Å². The summed E-state index contributed by atoms with van der Waals surface area (Å²) in [6.45, 7) is 16.1. The van der Waals surface area contributed by atoms with E-state index in [4.69, 9.17) is 0 Å². The van der Waals surface area contributed by atoms with Crippen molar-refractivity contribution in [3.05, 3.63) is 76.3 Å². The molecule has 0 fully saturated rings. The van der Waals surface area contributed by atoms with Gasteiger partial charge in [-0.3, -0.25) is 0 Å². The summed E-state index contributed by atoms with van der Waals surface area (Å²) in [5, 5.41) is 4.67. The maximum Gasteiger partial charge on any atom is 0.126 e. The van der Waals surface area contributed by atoms with Crippen molar-refractivity contribution < 1.29 is 4.39 Å². The van der Waals surface area contributed by atoms with Gasteiger partial charge in [0.2, 0.25) is 0 Å². The summed E-state index contributed by atoms with van der Waals surface area (Å²) < 4.78 is 13.8. The van der Waals surface area contributed by atoms with Crippen LogP contribution in [-0.2, 0) is 0 Å². The molecule has 0 N–H and O–H groups in total. The molecule has 0 saturated carbocycles. The van der Waals surface area contributed by atoms with Crippen LogP contribution in [0.2, 0.25) is 0 Å². The molecule has 3 heteroatoms. The lowest BCUT2D eigenvalue weighted by molar-refractivity contribution is 0.0251. The lowest BCUT2D eigenvalue weighted by atomic mass is 9.89. The van der Waals surface area contributed by atoms with Gasteiger partial charge < -0.3 is 5.01 Å². The van der Waals surface area contributed by atoms with Crippen molar-refractivity contribution in [2.75, 3.05) is 13.6 Å². The molecular formula is C27H39FN2. The van der Waals surface area contributed by atoms with Gasteiger partial charge >= 0.3 is 0 Å². The van der Waals surface area contributed by atoms with E-state index >= 15 is 0 Å². The fraction of sp³-hybridized carbons (Fsp3) is 0.481. The third-order valence-electron chi connectivity index (χ3n) is 5.82. The average molecular weight is 411 g/mol. The standard InChI is InChI=1S/C27H39FN2/c1-9-10-11-25(23(7)24-12-13-27(28)21(5)17-24)26-18-30(22(6)16-20(26)4)29(8)15-14-19(2)3/h10-13,16-19,22H,9,14-15H2,1-8H3/b11-10-,25-23-. The van der Waals surface area contributed by atoms with Crippen molar-refractivity contribution in [2.45, 2.75) is 67.3 Å². The fourth-order valence-corrected chi connectivity index (χ4v) is 3.82. The highest BCUT2D eigenvalue weighted by molar-refractivity contribution is 5.76. The largest absolute Gasteiger partial charge is 0.306 e. The summed E-state index contributed by atoms with van der Waals surface area (Å²) in [6.07, 6.45) is 11.2. The number of nitrogens with zero attached hydrogens (tertiary/aromatic N) is 2. The quantitative estimate of drug-likeness (QED) is 0.415. The van der Waals surface area contributed by atoms with Crippen molar-refractivity contribution in [1.29, 1.82) is 0 Å². The number of hydrazine groups is 1. The van der Waals surface area contributed by atoms with E-state index in [2.05, 4.69) is 83.0 Å². The zero-order valence-electron chi connectivity index (χ0n) is 20.1. The van der Waals surface area contributed by atoms with Crippen LogP contribution in [0.3, 0.4) is 0 Å². The number of aryl methyl sites for hydroxylation is 1. The molecular weight excluding hydrogens is 371 g/mol. The SMILES string of the molecule is CC/C=C\C(C1=CN(N(C)CCC(C)C)C(C)C=C1C)=C(/C)c1ccc(F)c(C)c1. The van der Waals surface area contributed by atoms with Gasteiger partial charge in [-0.15, -0.1) is 0 Å². The number of halogens is 1. The molecule has 2 rings (SSSR count). The van der Waals surface area contributed by atoms with Crippen LogP contribution in [0, 0.1) is 18.7 Å². The maximum atomic E-state index is 13.8. The molecule has 1 aromatic carbocycles. The van der Waals surface area contributed by atoms with Crippen molar-refractivity contribution in [1.82, 2.24) is 10.0 Å². The number of allylic oxidation sites excluding steroid dienone is 6. The number of hydrogen-bond acceptors (Lipinski definition) is 2. The normalized spacial score (nSPS) is 18.2. The average Bonchev–Trinajstić information content (AvgIpc) is 2.69. The Bertz CT molecular complexity index is 858. The van der Waals surface area contributed by atoms with Gasteiger partial charge in [0.25, 0.3) is 0 Å². The Morgan fingerprint density at radius 2 is 1.97 bits per heavy atom. The highest BCUT2D eigenvalue weighted by atomic mass is 19.1. The van der Waals surface area contributed by atoms with Crippen LogP contribution in [0.4, 0.5) is 4.39 Å². The first-order valence-electron chi connectivity index (χ1n) is 11.2. The summed E-state index contributed by atoms with van der Waals surface area (Å²) >= 11 is 0. The van der Waals surface area contributed by atoms with Crippen molar-refractivity contribution in [3.8, 4) is 0 Å². The van der Waals surface area contributed by atoms with Crippen LogP contribution >= 0.6 is 0 Å². The molecule has 0 spiro atoms. The Balaban J connectivity index is 2.52. The van der Waals surface area contributed by atoms with Crippen LogP contribution in [0.25, 0.3) is 5.57 Å². The third-order valence-corrected chi connectivity index (χ3v) is 5.82. The smallest absolute Gasteiger partial charge is 0.126 e. The molecule has 1 atom stereocenters. The van der Waals surface area contributed by atoms with Crippen molar-refractivity contribution >= 4 is 5.57 Å². The molecule has 0 aromatic heterocycles. The van der Waals surface area contributed by atoms with Gasteiger partial charge in [0.15, 0.2) is 0 Å².